The van der Waals surface area contributed by atoms with Crippen LogP contribution in [0, 0.1) is 0 Å². The number of benzene rings is 4. The fourth-order valence-electron chi connectivity index (χ4n) is 6.60. The summed E-state index contributed by atoms with van der Waals surface area (Å²) in [5.41, 5.74) is 4.40. The summed E-state index contributed by atoms with van der Waals surface area (Å²) in [6.45, 7) is -1.12. The molecule has 0 saturated carbocycles. The number of hydrogen-bond donors (Lipinski definition) is 8. The molecule has 0 spiro atoms. The quantitative estimate of drug-likeness (QED) is 0.0433. The van der Waals surface area contributed by atoms with Gasteiger partial charge in [-0.25, -0.2) is 4.79 Å². The van der Waals surface area contributed by atoms with Gasteiger partial charge in [-0.05, 0) is 84.1 Å². The highest BCUT2D eigenvalue weighted by molar-refractivity contribution is 6.30. The minimum Gasteiger partial charge on any atom is -0.508 e. The Kier molecular flexibility index (Phi) is 17.0. The van der Waals surface area contributed by atoms with E-state index in [-0.39, 0.29) is 31.1 Å². The van der Waals surface area contributed by atoms with Crippen LogP contribution in [0.4, 0.5) is 26.3 Å². The topological polar surface area (TPSA) is 234 Å². The van der Waals surface area contributed by atoms with E-state index in [1.54, 1.807) is 48.5 Å². The standard InChI is InChI=1S/C45H44ClF6N7O8/c1-24(57-41(64)34(53)16-25-8-12-32(60)13-9-25)40(63)55-21-38(61)58-36(17-26-6-10-31(46)11-7-26)42(65)56-22-39(62)59-37(18-28-20-54-35-5-3-2-4-33(28)35)43(66)67-23-27-14-29(44(47,48)49)19-30(15-27)45(50,51)52/h2-15,19-20,24,34,36-37,54,60H,16-18,21-23,53H2,1H3,(H,55,63)(H,56,65)(H,57,64)(H,58,61)(H,59,62)/t24-,34+,36+,37+/m1/s1. The Bertz CT molecular complexity index is 2540. The lowest BCUT2D eigenvalue weighted by molar-refractivity contribution is -0.149. The number of aromatic amines is 1. The molecule has 5 aromatic rings. The first-order valence-electron chi connectivity index (χ1n) is 20.3. The highest BCUT2D eigenvalue weighted by Gasteiger charge is 2.37. The summed E-state index contributed by atoms with van der Waals surface area (Å²) >= 11 is 6.01. The number of rotatable bonds is 19. The average molecular weight is 960 g/mol. The number of ether oxygens (including phenoxy) is 1. The first kappa shape index (κ1) is 50.9. The van der Waals surface area contributed by atoms with Crippen LogP contribution in [0.15, 0.2) is 97.2 Å². The Morgan fingerprint density at radius 2 is 1.24 bits per heavy atom. The number of nitrogens with one attached hydrogen (secondary N) is 6. The Hall–Kier alpha value is -7.13. The predicted octanol–water partition coefficient (Wildman–Crippen LogP) is 4.37. The molecule has 0 bridgehead atoms. The van der Waals surface area contributed by atoms with E-state index in [2.05, 4.69) is 31.6 Å². The second kappa shape index (κ2) is 22.4. The minimum absolute atomic E-state index is 0.0289. The van der Waals surface area contributed by atoms with Crippen LogP contribution in [0.2, 0.25) is 5.02 Å². The molecule has 1 heterocycles. The van der Waals surface area contributed by atoms with Gasteiger partial charge in [-0.1, -0.05) is 54.1 Å². The van der Waals surface area contributed by atoms with Crippen molar-refractivity contribution in [2.45, 2.75) is 69.3 Å². The zero-order valence-corrected chi connectivity index (χ0v) is 36.1. The fourth-order valence-corrected chi connectivity index (χ4v) is 6.73. The fraction of sp³-hybridized carbons (Fsp3) is 0.289. The van der Waals surface area contributed by atoms with Crippen LogP contribution < -0.4 is 32.3 Å². The molecule has 67 heavy (non-hydrogen) atoms. The minimum atomic E-state index is -5.16. The summed E-state index contributed by atoms with van der Waals surface area (Å²) in [6, 6.07) is 14.7. The number of nitrogens with two attached hydrogens (primary N) is 1. The number of amides is 5. The molecule has 9 N–H and O–H groups in total. The van der Waals surface area contributed by atoms with E-state index < -0.39 is 108 Å². The van der Waals surface area contributed by atoms with Crippen molar-refractivity contribution < 1.29 is 65.0 Å². The Morgan fingerprint density at radius 1 is 0.687 bits per heavy atom. The number of carbonyl (C=O) groups excluding carboxylic acids is 6. The van der Waals surface area contributed by atoms with E-state index in [4.69, 9.17) is 22.1 Å². The van der Waals surface area contributed by atoms with Gasteiger partial charge in [0.05, 0.1) is 30.3 Å². The third-order valence-corrected chi connectivity index (χ3v) is 10.3. The molecule has 15 nitrogen and oxygen atoms in total. The van der Waals surface area contributed by atoms with Gasteiger partial charge in [-0.3, -0.25) is 24.0 Å². The number of para-hydroxylation sites is 1. The highest BCUT2D eigenvalue weighted by Crippen LogP contribution is 2.36. The molecule has 0 fully saturated rings. The summed E-state index contributed by atoms with van der Waals surface area (Å²) in [5, 5.41) is 22.5. The lowest BCUT2D eigenvalue weighted by Crippen LogP contribution is -2.54. The second-order valence-corrected chi connectivity index (χ2v) is 15.7. The van der Waals surface area contributed by atoms with Crippen LogP contribution in [-0.2, 0) is 71.7 Å². The number of carbonyl (C=O) groups is 6. The monoisotopic (exact) mass is 959 g/mol. The number of alkyl halides is 6. The summed E-state index contributed by atoms with van der Waals surface area (Å²) in [5.74, 6) is -5.34. The van der Waals surface area contributed by atoms with Crippen LogP contribution in [0.25, 0.3) is 10.9 Å². The van der Waals surface area contributed by atoms with Crippen molar-refractivity contribution in [1.29, 1.82) is 0 Å². The van der Waals surface area contributed by atoms with E-state index in [9.17, 15) is 60.2 Å². The van der Waals surface area contributed by atoms with Gasteiger partial charge in [0.15, 0.2) is 0 Å². The molecule has 0 unspecified atom stereocenters. The van der Waals surface area contributed by atoms with Gasteiger partial charge >= 0.3 is 18.3 Å². The third kappa shape index (κ3) is 15.2. The van der Waals surface area contributed by atoms with Crippen LogP contribution in [0.3, 0.4) is 0 Å². The van der Waals surface area contributed by atoms with Crippen LogP contribution in [0.1, 0.15) is 40.3 Å². The Labute approximate surface area is 383 Å². The number of fused-ring (bicyclic) bond motifs is 1. The molecule has 356 valence electrons. The normalized spacial score (nSPS) is 13.4. The van der Waals surface area contributed by atoms with Gasteiger partial charge in [0.1, 0.15) is 30.5 Å². The highest BCUT2D eigenvalue weighted by atomic mass is 35.5. The van der Waals surface area contributed by atoms with Gasteiger partial charge < -0.3 is 47.1 Å². The maximum Gasteiger partial charge on any atom is 0.416 e. The molecule has 0 radical (unpaired) electrons. The molecule has 4 atom stereocenters. The first-order valence-corrected chi connectivity index (χ1v) is 20.7. The number of esters is 1. The van der Waals surface area contributed by atoms with E-state index in [1.807, 2.05) is 0 Å². The van der Waals surface area contributed by atoms with Crippen molar-refractivity contribution in [3.05, 3.63) is 136 Å². The van der Waals surface area contributed by atoms with Crippen LogP contribution in [-0.4, -0.2) is 82.9 Å². The Balaban J connectivity index is 1.23. The van der Waals surface area contributed by atoms with E-state index >= 15 is 0 Å². The maximum absolute atomic E-state index is 13.6. The average Bonchev–Trinajstić information content (AvgIpc) is 3.69. The lowest BCUT2D eigenvalue weighted by atomic mass is 10.0. The molecule has 0 aliphatic heterocycles. The van der Waals surface area contributed by atoms with E-state index in [0.29, 0.717) is 44.7 Å². The second-order valence-electron chi connectivity index (χ2n) is 15.3. The maximum atomic E-state index is 13.6. The number of phenols is 1. The van der Waals surface area contributed by atoms with Crippen molar-refractivity contribution in [3.63, 3.8) is 0 Å². The van der Waals surface area contributed by atoms with E-state index in [0.717, 1.165) is 0 Å². The molecule has 1 aromatic heterocycles. The SMILES string of the molecule is C[C@@H](NC(=O)[C@@H](N)Cc1ccc(O)cc1)C(=O)NCC(=O)N[C@@H](Cc1ccc(Cl)cc1)C(=O)NCC(=O)N[C@@H](Cc1c[nH]c2ccccc12)C(=O)OCc1cc(C(F)(F)F)cc(C(F)(F)F)c1. The number of H-pyrrole nitrogens is 1. The van der Waals surface area contributed by atoms with Crippen LogP contribution >= 0.6 is 11.6 Å². The summed E-state index contributed by atoms with van der Waals surface area (Å²) in [4.78, 5) is 81.9. The molecular weight excluding hydrogens is 916 g/mol. The molecule has 0 aliphatic carbocycles. The third-order valence-electron chi connectivity index (χ3n) is 10.1. The van der Waals surface area contributed by atoms with Crippen molar-refractivity contribution in [2.24, 2.45) is 5.73 Å². The Morgan fingerprint density at radius 3 is 1.85 bits per heavy atom. The number of phenolic OH excluding ortho intramolecular Hbond substituents is 1. The number of hydrogen-bond acceptors (Lipinski definition) is 9. The lowest BCUT2D eigenvalue weighted by Gasteiger charge is -2.21. The van der Waals surface area contributed by atoms with Crippen LogP contribution in [0.5, 0.6) is 5.75 Å². The largest absolute Gasteiger partial charge is 0.508 e. The zero-order valence-electron chi connectivity index (χ0n) is 35.3. The molecule has 0 aliphatic rings. The molecule has 5 amide bonds. The summed E-state index contributed by atoms with van der Waals surface area (Å²) < 4.78 is 86.2. The molecular formula is C45H44ClF6N7O8. The molecule has 22 heteroatoms. The molecule has 5 rings (SSSR count). The van der Waals surface area contributed by atoms with Gasteiger partial charge in [0, 0.05) is 35.0 Å². The number of aromatic hydroxyl groups is 1. The van der Waals surface area contributed by atoms with E-state index in [1.165, 1.54) is 37.4 Å². The van der Waals surface area contributed by atoms with Crippen molar-refractivity contribution in [1.82, 2.24) is 31.6 Å². The summed E-state index contributed by atoms with van der Waals surface area (Å²) in [6.07, 6.45) is -9.10. The van der Waals surface area contributed by atoms with Crippen molar-refractivity contribution in [2.75, 3.05) is 13.1 Å². The van der Waals surface area contributed by atoms with Crippen molar-refractivity contribution >= 4 is 58.0 Å². The number of halogens is 7. The predicted molar refractivity (Wildman–Crippen MR) is 231 cm³/mol. The van der Waals surface area contributed by atoms with Gasteiger partial charge in [-0.2, -0.15) is 26.3 Å². The summed E-state index contributed by atoms with van der Waals surface area (Å²) in [7, 11) is 0. The first-order chi connectivity index (χ1) is 31.5. The zero-order chi connectivity index (χ0) is 49.1. The molecule has 4 aromatic carbocycles. The van der Waals surface area contributed by atoms with Gasteiger partial charge in [0.25, 0.3) is 0 Å². The van der Waals surface area contributed by atoms with Gasteiger partial charge in [-0.15, -0.1) is 0 Å². The molecule has 0 saturated heterocycles. The van der Waals surface area contributed by atoms with Crippen molar-refractivity contribution in [3.8, 4) is 5.75 Å². The van der Waals surface area contributed by atoms with Gasteiger partial charge in [0.2, 0.25) is 29.5 Å². The number of aromatic nitrogens is 1. The smallest absolute Gasteiger partial charge is 0.416 e.